The van der Waals surface area contributed by atoms with E-state index in [0.717, 1.165) is 16.7 Å². The molecule has 1 heterocycles. The highest BCUT2D eigenvalue weighted by atomic mass is 32.2. The van der Waals surface area contributed by atoms with Crippen molar-refractivity contribution in [3.8, 4) is 0 Å². The van der Waals surface area contributed by atoms with E-state index in [4.69, 9.17) is 4.74 Å². The van der Waals surface area contributed by atoms with Gasteiger partial charge in [0.15, 0.2) is 4.34 Å². The second-order valence-corrected chi connectivity index (χ2v) is 5.07. The van der Waals surface area contributed by atoms with Gasteiger partial charge in [-0.05, 0) is 25.0 Å². The highest BCUT2D eigenvalue weighted by molar-refractivity contribution is 8.01. The highest BCUT2D eigenvalue weighted by Gasteiger charge is 2.18. The molecule has 1 N–H and O–H groups in total. The molecule has 1 aromatic heterocycles. The minimum atomic E-state index is -0.288. The largest absolute Gasteiger partial charge is 0.468 e. The van der Waals surface area contributed by atoms with E-state index in [9.17, 15) is 4.79 Å². The number of thioether (sulfide) groups is 1. The molecular formula is C9H15N3O2S2. The first-order valence-corrected chi connectivity index (χ1v) is 6.67. The van der Waals surface area contributed by atoms with Gasteiger partial charge in [-0.1, -0.05) is 18.7 Å². The zero-order chi connectivity index (χ0) is 12.0. The van der Waals surface area contributed by atoms with Gasteiger partial charge in [0.1, 0.15) is 11.9 Å². The molecule has 5 nitrogen and oxygen atoms in total. The molecule has 0 spiro atoms. The number of rotatable bonds is 6. The van der Waals surface area contributed by atoms with Crippen LogP contribution in [0.1, 0.15) is 12.7 Å². The second-order valence-electron chi connectivity index (χ2n) is 3.05. The number of hydrogen-bond acceptors (Lipinski definition) is 7. The Labute approximate surface area is 103 Å². The van der Waals surface area contributed by atoms with E-state index < -0.39 is 0 Å². The third-order valence-corrected chi connectivity index (χ3v) is 3.84. The third-order valence-electron chi connectivity index (χ3n) is 1.82. The molecule has 0 bridgehead atoms. The molecular weight excluding hydrogens is 246 g/mol. The van der Waals surface area contributed by atoms with Crippen molar-refractivity contribution in [3.63, 3.8) is 0 Å². The molecule has 0 amide bonds. The summed E-state index contributed by atoms with van der Waals surface area (Å²) >= 11 is 2.87. The lowest BCUT2D eigenvalue weighted by molar-refractivity contribution is -0.142. The van der Waals surface area contributed by atoms with Crippen LogP contribution in [-0.4, -0.2) is 40.8 Å². The molecule has 16 heavy (non-hydrogen) atoms. The first-order valence-electron chi connectivity index (χ1n) is 4.91. The number of carbonyl (C=O) groups is 1. The van der Waals surface area contributed by atoms with Crippen LogP contribution in [-0.2, 0) is 9.53 Å². The van der Waals surface area contributed by atoms with Crippen molar-refractivity contribution in [2.45, 2.75) is 24.2 Å². The number of nitrogens with one attached hydrogen (secondary N) is 1. The van der Waals surface area contributed by atoms with Crippen LogP contribution >= 0.6 is 23.3 Å². The van der Waals surface area contributed by atoms with Crippen LogP contribution in [0.2, 0.25) is 0 Å². The van der Waals surface area contributed by atoms with Crippen molar-refractivity contribution in [2.75, 3.05) is 19.4 Å². The maximum atomic E-state index is 11.4. The number of likely N-dealkylation sites (N-methyl/N-ethyl adjacent to an activating group) is 1. The van der Waals surface area contributed by atoms with Crippen LogP contribution in [0.4, 0.5) is 0 Å². The standard InChI is InChI=1S/C9H15N3O2S2/c1-4-10-7(8(13)14-3)5-15-9-11-6(2)12-16-9/h7,10H,4-5H2,1-3H3. The van der Waals surface area contributed by atoms with Crippen LogP contribution in [0.3, 0.4) is 0 Å². The van der Waals surface area contributed by atoms with E-state index in [1.165, 1.54) is 30.4 Å². The zero-order valence-corrected chi connectivity index (χ0v) is 11.2. The zero-order valence-electron chi connectivity index (χ0n) is 9.52. The minimum absolute atomic E-state index is 0.240. The lowest BCUT2D eigenvalue weighted by atomic mass is 10.3. The van der Waals surface area contributed by atoms with Crippen LogP contribution in [0.5, 0.6) is 0 Å². The fraction of sp³-hybridized carbons (Fsp3) is 0.667. The van der Waals surface area contributed by atoms with Crippen molar-refractivity contribution in [3.05, 3.63) is 5.82 Å². The normalized spacial score (nSPS) is 12.4. The van der Waals surface area contributed by atoms with Crippen molar-refractivity contribution in [1.82, 2.24) is 14.7 Å². The van der Waals surface area contributed by atoms with Crippen molar-refractivity contribution < 1.29 is 9.53 Å². The SMILES string of the molecule is CCNC(CSc1nc(C)ns1)C(=O)OC. The number of nitrogens with zero attached hydrogens (tertiary/aromatic N) is 2. The molecule has 0 saturated carbocycles. The molecule has 7 heteroatoms. The van der Waals surface area contributed by atoms with E-state index in [1.54, 1.807) is 0 Å². The minimum Gasteiger partial charge on any atom is -0.468 e. The number of esters is 1. The first kappa shape index (κ1) is 13.4. The van der Waals surface area contributed by atoms with Gasteiger partial charge in [0.25, 0.3) is 0 Å². The molecule has 1 unspecified atom stereocenters. The molecule has 0 saturated heterocycles. The predicted molar refractivity (Wildman–Crippen MR) is 64.9 cm³/mol. The molecule has 0 aliphatic carbocycles. The molecule has 0 radical (unpaired) electrons. The van der Waals surface area contributed by atoms with Gasteiger partial charge in [-0.15, -0.1) is 0 Å². The topological polar surface area (TPSA) is 64.1 Å². The van der Waals surface area contributed by atoms with Gasteiger partial charge >= 0.3 is 5.97 Å². The fourth-order valence-electron chi connectivity index (χ4n) is 1.09. The first-order chi connectivity index (χ1) is 7.67. The smallest absolute Gasteiger partial charge is 0.323 e. The van der Waals surface area contributed by atoms with Gasteiger partial charge in [0.2, 0.25) is 0 Å². The van der Waals surface area contributed by atoms with E-state index in [-0.39, 0.29) is 12.0 Å². The Morgan fingerprint density at radius 1 is 1.69 bits per heavy atom. The summed E-state index contributed by atoms with van der Waals surface area (Å²) in [5.41, 5.74) is 0. The Morgan fingerprint density at radius 2 is 2.44 bits per heavy atom. The average molecular weight is 261 g/mol. The quantitative estimate of drug-likeness (QED) is 0.611. The molecule has 90 valence electrons. The van der Waals surface area contributed by atoms with Crippen LogP contribution in [0.25, 0.3) is 0 Å². The highest BCUT2D eigenvalue weighted by Crippen LogP contribution is 2.20. The van der Waals surface area contributed by atoms with E-state index in [0.29, 0.717) is 5.75 Å². The van der Waals surface area contributed by atoms with Crippen LogP contribution in [0.15, 0.2) is 4.34 Å². The van der Waals surface area contributed by atoms with Gasteiger partial charge in [-0.25, -0.2) is 4.98 Å². The maximum absolute atomic E-state index is 11.4. The molecule has 0 aliphatic heterocycles. The summed E-state index contributed by atoms with van der Waals surface area (Å²) in [4.78, 5) is 15.6. The Bertz CT molecular complexity index is 343. The predicted octanol–water partition coefficient (Wildman–Crippen LogP) is 1.09. The van der Waals surface area contributed by atoms with E-state index in [2.05, 4.69) is 14.7 Å². The van der Waals surface area contributed by atoms with E-state index >= 15 is 0 Å². The van der Waals surface area contributed by atoms with Gasteiger partial charge in [-0.3, -0.25) is 4.79 Å². The van der Waals surface area contributed by atoms with Gasteiger partial charge < -0.3 is 10.1 Å². The Kier molecular flexibility index (Phi) is 5.72. The number of aryl methyl sites for hydroxylation is 1. The third kappa shape index (κ3) is 4.07. The van der Waals surface area contributed by atoms with Crippen molar-refractivity contribution in [1.29, 1.82) is 0 Å². The van der Waals surface area contributed by atoms with Gasteiger partial charge in [0.05, 0.1) is 7.11 Å². The Hall–Kier alpha value is -0.660. The van der Waals surface area contributed by atoms with Gasteiger partial charge in [-0.2, -0.15) is 4.37 Å². The lowest BCUT2D eigenvalue weighted by Gasteiger charge is -2.13. The molecule has 1 aromatic rings. The summed E-state index contributed by atoms with van der Waals surface area (Å²) in [6.45, 7) is 4.54. The van der Waals surface area contributed by atoms with Crippen LogP contribution in [0, 0.1) is 6.92 Å². The summed E-state index contributed by atoms with van der Waals surface area (Å²) < 4.78 is 9.67. The summed E-state index contributed by atoms with van der Waals surface area (Å²) in [6.07, 6.45) is 0. The maximum Gasteiger partial charge on any atom is 0.323 e. The average Bonchev–Trinajstić information content (AvgIpc) is 2.69. The number of aromatic nitrogens is 2. The van der Waals surface area contributed by atoms with Crippen molar-refractivity contribution in [2.24, 2.45) is 0 Å². The number of hydrogen-bond donors (Lipinski definition) is 1. The van der Waals surface area contributed by atoms with Gasteiger partial charge in [0, 0.05) is 5.75 Å². The second kappa shape index (κ2) is 6.82. The molecule has 1 rings (SSSR count). The lowest BCUT2D eigenvalue weighted by Crippen LogP contribution is -2.39. The number of methoxy groups -OCH3 is 1. The Morgan fingerprint density at radius 3 is 2.94 bits per heavy atom. The monoisotopic (exact) mass is 261 g/mol. The van der Waals surface area contributed by atoms with Crippen LogP contribution < -0.4 is 5.32 Å². The Balaban J connectivity index is 2.46. The van der Waals surface area contributed by atoms with E-state index in [1.807, 2.05) is 13.8 Å². The summed E-state index contributed by atoms with van der Waals surface area (Å²) in [7, 11) is 1.40. The molecule has 1 atom stereocenters. The molecule has 0 aliphatic rings. The summed E-state index contributed by atoms with van der Waals surface area (Å²) in [5, 5.41) is 3.07. The number of ether oxygens (including phenoxy) is 1. The summed E-state index contributed by atoms with van der Waals surface area (Å²) in [5.74, 6) is 1.14. The fourth-order valence-corrected chi connectivity index (χ4v) is 2.80. The van der Waals surface area contributed by atoms with Crippen molar-refractivity contribution >= 4 is 29.3 Å². The molecule has 0 fully saturated rings. The summed E-state index contributed by atoms with van der Waals surface area (Å²) in [6, 6.07) is -0.288. The molecule has 0 aromatic carbocycles. The number of carbonyl (C=O) groups excluding carboxylic acids is 1.